The Morgan fingerprint density at radius 3 is 2.13 bits per heavy atom. The average molecular weight is 451 g/mol. The van der Waals surface area contributed by atoms with Crippen molar-refractivity contribution in [1.29, 1.82) is 0 Å². The zero-order valence-electron chi connectivity index (χ0n) is 16.6. The number of piperazine rings is 1. The number of benzene rings is 2. The number of amides is 1. The van der Waals surface area contributed by atoms with Gasteiger partial charge in [-0.05, 0) is 48.4 Å². The number of carbonyl (C=O) groups is 2. The molecular formula is C21H23ClN2O5S. The van der Waals surface area contributed by atoms with E-state index in [1.54, 1.807) is 12.1 Å². The van der Waals surface area contributed by atoms with Crippen molar-refractivity contribution >= 4 is 33.5 Å². The largest absolute Gasteiger partial charge is 0.452 e. The highest BCUT2D eigenvalue weighted by Crippen LogP contribution is 2.20. The molecule has 9 heteroatoms. The number of halogens is 1. The molecule has 2 aromatic rings. The summed E-state index contributed by atoms with van der Waals surface area (Å²) in [4.78, 5) is 26.1. The van der Waals surface area contributed by atoms with Crippen LogP contribution in [0, 0.1) is 0 Å². The molecule has 0 aliphatic carbocycles. The van der Waals surface area contributed by atoms with Crippen LogP contribution in [-0.2, 0) is 26.0 Å². The summed E-state index contributed by atoms with van der Waals surface area (Å²) in [6.07, 6.45) is 0.869. The molecule has 0 atom stereocenters. The molecule has 7 nitrogen and oxygen atoms in total. The summed E-state index contributed by atoms with van der Waals surface area (Å²) in [5.74, 6) is -0.910. The topological polar surface area (TPSA) is 84.0 Å². The van der Waals surface area contributed by atoms with Crippen LogP contribution in [0.25, 0.3) is 0 Å². The molecule has 1 aliphatic heterocycles. The number of carbonyl (C=O) groups excluding carboxylic acids is 2. The fourth-order valence-electron chi connectivity index (χ4n) is 3.11. The standard InChI is InChI=1S/C21H23ClN2O5S/c1-2-16-3-5-17(6-4-16)21(26)29-15-20(25)23-11-13-24(14-12-23)30(27,28)19-9-7-18(22)8-10-19/h3-10H,2,11-15H2,1H3. The number of aryl methyl sites for hydroxylation is 1. The Kier molecular flexibility index (Phi) is 7.12. The summed E-state index contributed by atoms with van der Waals surface area (Å²) in [6.45, 7) is 2.44. The molecule has 0 spiro atoms. The van der Waals surface area contributed by atoms with Crippen molar-refractivity contribution < 1.29 is 22.7 Å². The molecule has 3 rings (SSSR count). The van der Waals surface area contributed by atoms with E-state index in [2.05, 4.69) is 0 Å². The smallest absolute Gasteiger partial charge is 0.338 e. The molecule has 30 heavy (non-hydrogen) atoms. The highest BCUT2D eigenvalue weighted by molar-refractivity contribution is 7.89. The normalized spacial score (nSPS) is 15.1. The van der Waals surface area contributed by atoms with E-state index in [-0.39, 0.29) is 43.6 Å². The fourth-order valence-corrected chi connectivity index (χ4v) is 4.66. The number of sulfonamides is 1. The monoisotopic (exact) mass is 450 g/mol. The van der Waals surface area contributed by atoms with Gasteiger partial charge < -0.3 is 9.64 Å². The highest BCUT2D eigenvalue weighted by atomic mass is 35.5. The van der Waals surface area contributed by atoms with Gasteiger partial charge in [0, 0.05) is 31.2 Å². The SMILES string of the molecule is CCc1ccc(C(=O)OCC(=O)N2CCN(S(=O)(=O)c3ccc(Cl)cc3)CC2)cc1. The average Bonchev–Trinajstić information content (AvgIpc) is 2.77. The van der Waals surface area contributed by atoms with E-state index in [0.717, 1.165) is 12.0 Å². The van der Waals surface area contributed by atoms with Gasteiger partial charge in [-0.1, -0.05) is 30.7 Å². The van der Waals surface area contributed by atoms with Crippen LogP contribution in [0.1, 0.15) is 22.8 Å². The molecule has 1 fully saturated rings. The summed E-state index contributed by atoms with van der Waals surface area (Å²) in [5.41, 5.74) is 1.49. The Hall–Kier alpha value is -2.42. The molecule has 0 aromatic heterocycles. The Bertz CT molecular complexity index is 999. The number of hydrogen-bond donors (Lipinski definition) is 0. The molecule has 0 bridgehead atoms. The van der Waals surface area contributed by atoms with Crippen LogP contribution in [0.4, 0.5) is 0 Å². The van der Waals surface area contributed by atoms with Gasteiger partial charge in [-0.25, -0.2) is 13.2 Å². The van der Waals surface area contributed by atoms with Crippen molar-refractivity contribution in [3.63, 3.8) is 0 Å². The van der Waals surface area contributed by atoms with Gasteiger partial charge in [0.1, 0.15) is 0 Å². The van der Waals surface area contributed by atoms with Gasteiger partial charge in [-0.15, -0.1) is 0 Å². The Labute approximate surface area is 181 Å². The summed E-state index contributed by atoms with van der Waals surface area (Å²) >= 11 is 5.82. The zero-order chi connectivity index (χ0) is 21.7. The third-order valence-corrected chi connectivity index (χ3v) is 7.13. The summed E-state index contributed by atoms with van der Waals surface area (Å²) in [5, 5.41) is 0.459. The first-order chi connectivity index (χ1) is 14.3. The van der Waals surface area contributed by atoms with Crippen molar-refractivity contribution in [2.24, 2.45) is 0 Å². The molecule has 1 heterocycles. The Morgan fingerprint density at radius 1 is 0.967 bits per heavy atom. The van der Waals surface area contributed by atoms with Crippen LogP contribution >= 0.6 is 11.6 Å². The molecule has 0 saturated carbocycles. The van der Waals surface area contributed by atoms with Crippen LogP contribution < -0.4 is 0 Å². The molecular weight excluding hydrogens is 428 g/mol. The van der Waals surface area contributed by atoms with Crippen LogP contribution in [0.3, 0.4) is 0 Å². The first-order valence-corrected chi connectivity index (χ1v) is 11.4. The van der Waals surface area contributed by atoms with E-state index in [4.69, 9.17) is 16.3 Å². The molecule has 2 aromatic carbocycles. The summed E-state index contributed by atoms with van der Waals surface area (Å²) < 4.78 is 31.9. The molecule has 0 N–H and O–H groups in total. The zero-order valence-corrected chi connectivity index (χ0v) is 18.2. The quantitative estimate of drug-likeness (QED) is 0.631. The van der Waals surface area contributed by atoms with E-state index < -0.39 is 16.0 Å². The number of hydrogen-bond acceptors (Lipinski definition) is 5. The number of ether oxygens (including phenoxy) is 1. The van der Waals surface area contributed by atoms with Crippen molar-refractivity contribution in [3.8, 4) is 0 Å². The molecule has 0 unspecified atom stereocenters. The second-order valence-corrected chi connectivity index (χ2v) is 9.24. The maximum atomic E-state index is 12.7. The third kappa shape index (κ3) is 5.19. The maximum Gasteiger partial charge on any atom is 0.338 e. The molecule has 0 radical (unpaired) electrons. The first kappa shape index (κ1) is 22.3. The molecule has 1 aliphatic rings. The van der Waals surface area contributed by atoms with Crippen LogP contribution in [0.15, 0.2) is 53.4 Å². The second-order valence-electron chi connectivity index (χ2n) is 6.87. The Balaban J connectivity index is 1.51. The Morgan fingerprint density at radius 2 is 1.57 bits per heavy atom. The lowest BCUT2D eigenvalue weighted by Gasteiger charge is -2.33. The van der Waals surface area contributed by atoms with E-state index in [1.807, 2.05) is 19.1 Å². The molecule has 1 saturated heterocycles. The minimum absolute atomic E-state index is 0.162. The predicted octanol–water partition coefficient (Wildman–Crippen LogP) is 2.59. The van der Waals surface area contributed by atoms with E-state index in [0.29, 0.717) is 10.6 Å². The maximum absolute atomic E-state index is 12.7. The van der Waals surface area contributed by atoms with Gasteiger partial charge in [-0.3, -0.25) is 4.79 Å². The third-order valence-electron chi connectivity index (χ3n) is 4.97. The predicted molar refractivity (Wildman–Crippen MR) is 113 cm³/mol. The molecule has 160 valence electrons. The van der Waals surface area contributed by atoms with Crippen molar-refractivity contribution in [1.82, 2.24) is 9.21 Å². The van der Waals surface area contributed by atoms with Crippen molar-refractivity contribution in [2.75, 3.05) is 32.8 Å². The number of esters is 1. The summed E-state index contributed by atoms with van der Waals surface area (Å²) in [6, 6.07) is 13.0. The number of rotatable bonds is 6. The van der Waals surface area contributed by atoms with Crippen molar-refractivity contribution in [3.05, 3.63) is 64.7 Å². The lowest BCUT2D eigenvalue weighted by molar-refractivity contribution is -0.135. The van der Waals surface area contributed by atoms with Gasteiger partial charge in [-0.2, -0.15) is 4.31 Å². The fraction of sp³-hybridized carbons (Fsp3) is 0.333. The number of nitrogens with zero attached hydrogens (tertiary/aromatic N) is 2. The van der Waals surface area contributed by atoms with Gasteiger partial charge in [0.25, 0.3) is 5.91 Å². The van der Waals surface area contributed by atoms with E-state index >= 15 is 0 Å². The minimum atomic E-state index is -3.64. The lowest BCUT2D eigenvalue weighted by atomic mass is 10.1. The first-order valence-electron chi connectivity index (χ1n) is 9.61. The van der Waals surface area contributed by atoms with Crippen LogP contribution in [0.5, 0.6) is 0 Å². The van der Waals surface area contributed by atoms with Crippen molar-refractivity contribution in [2.45, 2.75) is 18.2 Å². The van der Waals surface area contributed by atoms with Gasteiger partial charge in [0.15, 0.2) is 6.61 Å². The van der Waals surface area contributed by atoms with Gasteiger partial charge in [0.05, 0.1) is 10.5 Å². The van der Waals surface area contributed by atoms with Gasteiger partial charge in [0.2, 0.25) is 10.0 Å². The lowest BCUT2D eigenvalue weighted by Crippen LogP contribution is -2.51. The molecule has 1 amide bonds. The van der Waals surface area contributed by atoms with Crippen LogP contribution in [-0.4, -0.2) is 62.3 Å². The summed E-state index contributed by atoms with van der Waals surface area (Å²) in [7, 11) is -3.64. The van der Waals surface area contributed by atoms with Gasteiger partial charge >= 0.3 is 5.97 Å². The highest BCUT2D eigenvalue weighted by Gasteiger charge is 2.30. The second kappa shape index (κ2) is 9.59. The van der Waals surface area contributed by atoms with E-state index in [1.165, 1.54) is 33.5 Å². The van der Waals surface area contributed by atoms with E-state index in [9.17, 15) is 18.0 Å². The minimum Gasteiger partial charge on any atom is -0.452 e. The van der Waals surface area contributed by atoms with Crippen LogP contribution in [0.2, 0.25) is 5.02 Å².